The fourth-order valence-corrected chi connectivity index (χ4v) is 4.78. The highest BCUT2D eigenvalue weighted by Gasteiger charge is 2.60. The lowest BCUT2D eigenvalue weighted by Gasteiger charge is -2.63. The van der Waals surface area contributed by atoms with Gasteiger partial charge in [-0.25, -0.2) is 0 Å². The minimum Gasteiger partial charge on any atom is -0.390 e. The van der Waals surface area contributed by atoms with E-state index >= 15 is 0 Å². The fraction of sp³-hybridized carbons (Fsp3) is 0.867. The maximum atomic E-state index is 10.3. The van der Waals surface area contributed by atoms with Gasteiger partial charge in [0.25, 0.3) is 0 Å². The van der Waals surface area contributed by atoms with Crippen LogP contribution >= 0.6 is 0 Å². The van der Waals surface area contributed by atoms with Crippen molar-refractivity contribution in [1.29, 1.82) is 0 Å². The molecule has 0 radical (unpaired) electrons. The number of aliphatic hydroxyl groups is 1. The van der Waals surface area contributed by atoms with Gasteiger partial charge in [0.2, 0.25) is 0 Å². The summed E-state index contributed by atoms with van der Waals surface area (Å²) >= 11 is 0. The van der Waals surface area contributed by atoms with Crippen LogP contribution in [0.4, 0.5) is 0 Å². The van der Waals surface area contributed by atoms with E-state index in [1.54, 1.807) is 5.57 Å². The van der Waals surface area contributed by atoms with Crippen molar-refractivity contribution in [2.24, 2.45) is 23.2 Å². The van der Waals surface area contributed by atoms with E-state index in [2.05, 4.69) is 19.9 Å². The molecule has 3 aliphatic rings. The van der Waals surface area contributed by atoms with Crippen LogP contribution in [0.1, 0.15) is 52.9 Å². The summed E-state index contributed by atoms with van der Waals surface area (Å²) in [6.45, 7) is 6.93. The minimum atomic E-state index is -0.365. The molecule has 0 aliphatic heterocycles. The van der Waals surface area contributed by atoms with Crippen LogP contribution in [0, 0.1) is 23.2 Å². The Labute approximate surface area is 98.9 Å². The quantitative estimate of drug-likeness (QED) is 0.619. The Morgan fingerprint density at radius 3 is 2.69 bits per heavy atom. The first-order valence-corrected chi connectivity index (χ1v) is 6.88. The molecule has 1 N–H and O–H groups in total. The Hall–Kier alpha value is -0.300. The molecule has 0 amide bonds. The highest BCUT2D eigenvalue weighted by atomic mass is 16.3. The van der Waals surface area contributed by atoms with Gasteiger partial charge in [-0.2, -0.15) is 0 Å². The standard InChI is InChI=1S/C15H24O/c1-10-5-4-6-11-7-8-12-13(15(10,11)3)9-14(12,2)16/h6,10,12-13,16H,4-5,7-9H2,1-3H3/t10-,12-,13-,14-,15+/m0/s1. The average Bonchev–Trinajstić information content (AvgIpc) is 2.20. The molecule has 0 heterocycles. The Morgan fingerprint density at radius 2 is 2.00 bits per heavy atom. The van der Waals surface area contributed by atoms with Crippen molar-refractivity contribution in [3.63, 3.8) is 0 Å². The maximum Gasteiger partial charge on any atom is 0.0654 e. The van der Waals surface area contributed by atoms with Crippen LogP contribution in [0.3, 0.4) is 0 Å². The third-order valence-electron chi connectivity index (χ3n) is 6.12. The third-order valence-corrected chi connectivity index (χ3v) is 6.12. The molecule has 0 unspecified atom stereocenters. The maximum absolute atomic E-state index is 10.3. The SMILES string of the molecule is C[C@H]1CCC=C2CC[C@H]3[C@H](C[C@]3(C)O)[C@@]21C. The van der Waals surface area contributed by atoms with Crippen LogP contribution in [-0.2, 0) is 0 Å². The van der Waals surface area contributed by atoms with Gasteiger partial charge in [-0.05, 0) is 62.2 Å². The largest absolute Gasteiger partial charge is 0.390 e. The number of hydrogen-bond donors (Lipinski definition) is 1. The zero-order chi connectivity index (χ0) is 11.6. The molecule has 0 bridgehead atoms. The van der Waals surface area contributed by atoms with Crippen molar-refractivity contribution < 1.29 is 5.11 Å². The van der Waals surface area contributed by atoms with Gasteiger partial charge in [0.05, 0.1) is 5.60 Å². The third kappa shape index (κ3) is 1.16. The second kappa shape index (κ2) is 3.13. The van der Waals surface area contributed by atoms with Gasteiger partial charge in [0, 0.05) is 0 Å². The Morgan fingerprint density at radius 1 is 1.25 bits per heavy atom. The summed E-state index contributed by atoms with van der Waals surface area (Å²) in [4.78, 5) is 0. The molecule has 0 spiro atoms. The topological polar surface area (TPSA) is 20.2 Å². The van der Waals surface area contributed by atoms with Crippen molar-refractivity contribution in [1.82, 2.24) is 0 Å². The second-order valence-electron chi connectivity index (χ2n) is 6.80. The van der Waals surface area contributed by atoms with E-state index in [1.165, 1.54) is 25.7 Å². The summed E-state index contributed by atoms with van der Waals surface area (Å²) in [6.07, 6.45) is 8.59. The first-order valence-electron chi connectivity index (χ1n) is 6.88. The van der Waals surface area contributed by atoms with Crippen LogP contribution in [0.5, 0.6) is 0 Å². The molecule has 2 fully saturated rings. The molecule has 2 saturated carbocycles. The summed E-state index contributed by atoms with van der Waals surface area (Å²) in [6, 6.07) is 0. The van der Waals surface area contributed by atoms with Gasteiger partial charge in [-0.1, -0.05) is 25.5 Å². The first-order chi connectivity index (χ1) is 7.46. The minimum absolute atomic E-state index is 0.365. The van der Waals surface area contributed by atoms with Gasteiger partial charge in [0.1, 0.15) is 0 Å². The van der Waals surface area contributed by atoms with E-state index in [0.717, 1.165) is 18.3 Å². The second-order valence-corrected chi connectivity index (χ2v) is 6.80. The summed E-state index contributed by atoms with van der Waals surface area (Å²) in [5.74, 6) is 2.12. The van der Waals surface area contributed by atoms with Gasteiger partial charge < -0.3 is 5.11 Å². The van der Waals surface area contributed by atoms with Crippen LogP contribution in [0.15, 0.2) is 11.6 Å². The van der Waals surface area contributed by atoms with E-state index in [4.69, 9.17) is 0 Å². The lowest BCUT2D eigenvalue weighted by molar-refractivity contribution is -0.182. The number of hydrogen-bond acceptors (Lipinski definition) is 1. The first kappa shape index (κ1) is 10.8. The highest BCUT2D eigenvalue weighted by molar-refractivity contribution is 5.27. The molecular formula is C15H24O. The van der Waals surface area contributed by atoms with Crippen LogP contribution < -0.4 is 0 Å². The lowest BCUT2D eigenvalue weighted by atomic mass is 9.43. The smallest absolute Gasteiger partial charge is 0.0654 e. The van der Waals surface area contributed by atoms with Crippen LogP contribution in [-0.4, -0.2) is 10.7 Å². The predicted octanol–water partition coefficient (Wildman–Crippen LogP) is 3.53. The van der Waals surface area contributed by atoms with Crippen molar-refractivity contribution in [2.75, 3.05) is 0 Å². The molecule has 90 valence electrons. The molecule has 0 aromatic heterocycles. The van der Waals surface area contributed by atoms with Crippen molar-refractivity contribution in [3.8, 4) is 0 Å². The summed E-state index contributed by atoms with van der Waals surface area (Å²) < 4.78 is 0. The van der Waals surface area contributed by atoms with Crippen molar-refractivity contribution in [3.05, 3.63) is 11.6 Å². The predicted molar refractivity (Wildman–Crippen MR) is 66.0 cm³/mol. The van der Waals surface area contributed by atoms with Gasteiger partial charge in [-0.3, -0.25) is 0 Å². The summed E-state index contributed by atoms with van der Waals surface area (Å²) in [5, 5.41) is 10.3. The molecule has 0 aromatic carbocycles. The number of rotatable bonds is 0. The van der Waals surface area contributed by atoms with Gasteiger partial charge in [-0.15, -0.1) is 0 Å². The van der Waals surface area contributed by atoms with Gasteiger partial charge >= 0.3 is 0 Å². The Balaban J connectivity index is 1.96. The molecule has 0 aromatic rings. The molecule has 5 atom stereocenters. The molecule has 3 rings (SSSR count). The number of fused-ring (bicyclic) bond motifs is 3. The molecule has 1 heteroatoms. The van der Waals surface area contributed by atoms with E-state index in [9.17, 15) is 5.11 Å². The van der Waals surface area contributed by atoms with E-state index in [-0.39, 0.29) is 5.60 Å². The normalized spacial score (nSPS) is 55.8. The monoisotopic (exact) mass is 220 g/mol. The molecule has 3 aliphatic carbocycles. The van der Waals surface area contributed by atoms with E-state index in [0.29, 0.717) is 11.3 Å². The molecule has 16 heavy (non-hydrogen) atoms. The van der Waals surface area contributed by atoms with Crippen LogP contribution in [0.25, 0.3) is 0 Å². The van der Waals surface area contributed by atoms with E-state index in [1.807, 2.05) is 6.92 Å². The molecule has 1 nitrogen and oxygen atoms in total. The molecular weight excluding hydrogens is 196 g/mol. The van der Waals surface area contributed by atoms with Crippen molar-refractivity contribution >= 4 is 0 Å². The summed E-state index contributed by atoms with van der Waals surface area (Å²) in [5.41, 5.74) is 1.75. The molecule has 0 saturated heterocycles. The van der Waals surface area contributed by atoms with Crippen molar-refractivity contribution in [2.45, 2.75) is 58.5 Å². The van der Waals surface area contributed by atoms with Crippen LogP contribution in [0.2, 0.25) is 0 Å². The highest BCUT2D eigenvalue weighted by Crippen LogP contribution is 2.65. The number of allylic oxidation sites excluding steroid dienone is 2. The average molecular weight is 220 g/mol. The Kier molecular flexibility index (Phi) is 2.12. The van der Waals surface area contributed by atoms with E-state index < -0.39 is 0 Å². The zero-order valence-electron chi connectivity index (χ0n) is 10.8. The lowest BCUT2D eigenvalue weighted by Crippen LogP contribution is -2.61. The Bertz CT molecular complexity index is 341. The summed E-state index contributed by atoms with van der Waals surface area (Å²) in [7, 11) is 0. The zero-order valence-corrected chi connectivity index (χ0v) is 10.8. The van der Waals surface area contributed by atoms with Gasteiger partial charge in [0.15, 0.2) is 0 Å². The fourth-order valence-electron chi connectivity index (χ4n) is 4.78.